The molecule has 0 unspecified atom stereocenters. The fourth-order valence-corrected chi connectivity index (χ4v) is 1.54. The summed E-state index contributed by atoms with van der Waals surface area (Å²) in [5.41, 5.74) is 1.12. The normalized spacial score (nSPS) is 11.5. The third kappa shape index (κ3) is 7.95. The van der Waals surface area contributed by atoms with Crippen LogP contribution in [0.4, 0.5) is 0 Å². The minimum Gasteiger partial charge on any atom is -0.353 e. The summed E-state index contributed by atoms with van der Waals surface area (Å²) >= 11 is 0. The van der Waals surface area contributed by atoms with Crippen LogP contribution < -0.4 is 5.32 Å². The first kappa shape index (κ1) is 15.2. The minimum absolute atomic E-state index is 0.0449. The SMILES string of the molecule is CN(C)CCCNC(=O)C=CC=Cc1ccccc1. The maximum absolute atomic E-state index is 11.5. The highest BCUT2D eigenvalue weighted by atomic mass is 16.1. The monoisotopic (exact) mass is 258 g/mol. The number of hydrogen-bond acceptors (Lipinski definition) is 2. The van der Waals surface area contributed by atoms with Crippen LogP contribution in [0.2, 0.25) is 0 Å². The van der Waals surface area contributed by atoms with Crippen LogP contribution in [-0.4, -0.2) is 38.0 Å². The standard InChI is InChI=1S/C16H22N2O/c1-18(2)14-8-13-17-16(19)12-7-6-11-15-9-4-3-5-10-15/h3-7,9-12H,8,13-14H2,1-2H3,(H,17,19). The summed E-state index contributed by atoms with van der Waals surface area (Å²) in [4.78, 5) is 13.6. The molecular formula is C16H22N2O. The summed E-state index contributed by atoms with van der Waals surface area (Å²) in [5.74, 6) is -0.0449. The maximum atomic E-state index is 11.5. The van der Waals surface area contributed by atoms with Gasteiger partial charge in [-0.2, -0.15) is 0 Å². The van der Waals surface area contributed by atoms with Crippen LogP contribution in [-0.2, 0) is 4.79 Å². The first-order valence-electron chi connectivity index (χ1n) is 6.51. The summed E-state index contributed by atoms with van der Waals surface area (Å²) in [5, 5.41) is 2.85. The van der Waals surface area contributed by atoms with Gasteiger partial charge in [0, 0.05) is 12.6 Å². The molecule has 1 N–H and O–H groups in total. The Bertz CT molecular complexity index is 422. The third-order valence-electron chi connectivity index (χ3n) is 2.53. The number of hydrogen-bond donors (Lipinski definition) is 1. The zero-order chi connectivity index (χ0) is 13.9. The highest BCUT2D eigenvalue weighted by Crippen LogP contribution is 2.00. The van der Waals surface area contributed by atoms with E-state index >= 15 is 0 Å². The lowest BCUT2D eigenvalue weighted by Gasteiger charge is -2.08. The summed E-state index contributed by atoms with van der Waals surface area (Å²) < 4.78 is 0. The molecule has 3 nitrogen and oxygen atoms in total. The van der Waals surface area contributed by atoms with Crippen LogP contribution in [0.1, 0.15) is 12.0 Å². The second-order valence-corrected chi connectivity index (χ2v) is 4.58. The molecule has 0 aliphatic carbocycles. The van der Waals surface area contributed by atoms with Crippen molar-refractivity contribution in [3.8, 4) is 0 Å². The number of carbonyl (C=O) groups excluding carboxylic acids is 1. The van der Waals surface area contributed by atoms with E-state index in [2.05, 4.69) is 10.2 Å². The van der Waals surface area contributed by atoms with Crippen LogP contribution in [0, 0.1) is 0 Å². The Kier molecular flexibility index (Phi) is 7.28. The second-order valence-electron chi connectivity index (χ2n) is 4.58. The number of benzene rings is 1. The third-order valence-corrected chi connectivity index (χ3v) is 2.53. The van der Waals surface area contributed by atoms with Gasteiger partial charge in [0.2, 0.25) is 5.91 Å². The van der Waals surface area contributed by atoms with Gasteiger partial charge in [0.05, 0.1) is 0 Å². The molecule has 1 aromatic carbocycles. The topological polar surface area (TPSA) is 32.3 Å². The Morgan fingerprint density at radius 2 is 1.95 bits per heavy atom. The van der Waals surface area contributed by atoms with E-state index in [4.69, 9.17) is 0 Å². The molecule has 0 saturated heterocycles. The molecule has 0 radical (unpaired) electrons. The first-order valence-corrected chi connectivity index (χ1v) is 6.51. The van der Waals surface area contributed by atoms with E-state index in [1.807, 2.05) is 56.6 Å². The zero-order valence-corrected chi connectivity index (χ0v) is 11.7. The highest BCUT2D eigenvalue weighted by Gasteiger charge is 1.94. The molecule has 102 valence electrons. The lowest BCUT2D eigenvalue weighted by atomic mass is 10.2. The predicted octanol–water partition coefficient (Wildman–Crippen LogP) is 2.32. The van der Waals surface area contributed by atoms with E-state index in [0.717, 1.165) is 18.5 Å². The Hall–Kier alpha value is -1.87. The Balaban J connectivity index is 2.21. The average Bonchev–Trinajstić information content (AvgIpc) is 2.41. The van der Waals surface area contributed by atoms with E-state index in [1.165, 1.54) is 0 Å². The second kappa shape index (κ2) is 9.11. The van der Waals surface area contributed by atoms with Gasteiger partial charge in [-0.3, -0.25) is 4.79 Å². The molecule has 0 aliphatic rings. The van der Waals surface area contributed by atoms with Gasteiger partial charge in [-0.25, -0.2) is 0 Å². The molecule has 0 aromatic heterocycles. The van der Waals surface area contributed by atoms with Crippen molar-refractivity contribution in [3.05, 3.63) is 54.1 Å². The van der Waals surface area contributed by atoms with Crippen molar-refractivity contribution in [2.24, 2.45) is 0 Å². The van der Waals surface area contributed by atoms with E-state index < -0.39 is 0 Å². The van der Waals surface area contributed by atoms with Gasteiger partial charge in [0.1, 0.15) is 0 Å². The van der Waals surface area contributed by atoms with Gasteiger partial charge in [-0.1, -0.05) is 48.6 Å². The molecule has 0 saturated carbocycles. The number of nitrogens with one attached hydrogen (secondary N) is 1. The molecule has 0 atom stereocenters. The largest absolute Gasteiger partial charge is 0.353 e. The fourth-order valence-electron chi connectivity index (χ4n) is 1.54. The number of amides is 1. The van der Waals surface area contributed by atoms with Crippen LogP contribution in [0.15, 0.2) is 48.6 Å². The first-order chi connectivity index (χ1) is 9.18. The molecule has 0 bridgehead atoms. The molecular weight excluding hydrogens is 236 g/mol. The number of allylic oxidation sites excluding steroid dienone is 2. The maximum Gasteiger partial charge on any atom is 0.243 e. The van der Waals surface area contributed by atoms with Crippen LogP contribution in [0.5, 0.6) is 0 Å². The van der Waals surface area contributed by atoms with Crippen molar-refractivity contribution in [3.63, 3.8) is 0 Å². The fraction of sp³-hybridized carbons (Fsp3) is 0.312. The van der Waals surface area contributed by atoms with Crippen molar-refractivity contribution >= 4 is 12.0 Å². The molecule has 0 fully saturated rings. The Morgan fingerprint density at radius 1 is 1.21 bits per heavy atom. The van der Waals surface area contributed by atoms with E-state index in [9.17, 15) is 4.79 Å². The predicted molar refractivity (Wildman–Crippen MR) is 80.8 cm³/mol. The number of nitrogens with zero attached hydrogens (tertiary/aromatic N) is 1. The van der Waals surface area contributed by atoms with Crippen molar-refractivity contribution in [2.75, 3.05) is 27.2 Å². The van der Waals surface area contributed by atoms with Gasteiger partial charge in [0.25, 0.3) is 0 Å². The smallest absolute Gasteiger partial charge is 0.243 e. The van der Waals surface area contributed by atoms with Crippen molar-refractivity contribution < 1.29 is 4.79 Å². The van der Waals surface area contributed by atoms with Gasteiger partial charge in [-0.05, 0) is 32.6 Å². The molecule has 0 aliphatic heterocycles. The molecule has 3 heteroatoms. The van der Waals surface area contributed by atoms with E-state index in [1.54, 1.807) is 12.2 Å². The van der Waals surface area contributed by atoms with Crippen molar-refractivity contribution in [1.29, 1.82) is 0 Å². The molecule has 0 heterocycles. The molecule has 0 spiro atoms. The van der Waals surface area contributed by atoms with E-state index in [0.29, 0.717) is 6.54 Å². The lowest BCUT2D eigenvalue weighted by Crippen LogP contribution is -2.25. The van der Waals surface area contributed by atoms with Gasteiger partial charge >= 0.3 is 0 Å². The molecule has 1 aromatic rings. The molecule has 19 heavy (non-hydrogen) atoms. The highest BCUT2D eigenvalue weighted by molar-refractivity contribution is 5.87. The summed E-state index contributed by atoms with van der Waals surface area (Å²) in [6.45, 7) is 1.70. The van der Waals surface area contributed by atoms with Crippen LogP contribution >= 0.6 is 0 Å². The van der Waals surface area contributed by atoms with Gasteiger partial charge in [-0.15, -0.1) is 0 Å². The van der Waals surface area contributed by atoms with Crippen molar-refractivity contribution in [2.45, 2.75) is 6.42 Å². The molecule has 1 rings (SSSR count). The van der Waals surface area contributed by atoms with Gasteiger partial charge < -0.3 is 10.2 Å². The lowest BCUT2D eigenvalue weighted by molar-refractivity contribution is -0.116. The van der Waals surface area contributed by atoms with Crippen LogP contribution in [0.3, 0.4) is 0 Å². The van der Waals surface area contributed by atoms with Crippen molar-refractivity contribution in [1.82, 2.24) is 10.2 Å². The average molecular weight is 258 g/mol. The Labute approximate surface area is 115 Å². The van der Waals surface area contributed by atoms with E-state index in [-0.39, 0.29) is 5.91 Å². The van der Waals surface area contributed by atoms with Crippen LogP contribution in [0.25, 0.3) is 6.08 Å². The minimum atomic E-state index is -0.0449. The Morgan fingerprint density at radius 3 is 2.63 bits per heavy atom. The quantitative estimate of drug-likeness (QED) is 0.462. The summed E-state index contributed by atoms with van der Waals surface area (Å²) in [6, 6.07) is 9.99. The number of carbonyl (C=O) groups is 1. The molecule has 1 amide bonds. The zero-order valence-electron chi connectivity index (χ0n) is 11.7. The summed E-state index contributed by atoms with van der Waals surface area (Å²) in [7, 11) is 4.05. The number of rotatable bonds is 7. The van der Waals surface area contributed by atoms with Gasteiger partial charge in [0.15, 0.2) is 0 Å². The summed E-state index contributed by atoms with van der Waals surface area (Å²) in [6.07, 6.45) is 8.11.